The molecule has 0 amide bonds. The highest BCUT2D eigenvalue weighted by Gasteiger charge is 2.10. The molecule has 0 bridgehead atoms. The lowest BCUT2D eigenvalue weighted by atomic mass is 10.0. The number of rotatable bonds is 13. The minimum Gasteiger partial charge on any atom is -0.369 e. The second-order valence-corrected chi connectivity index (χ2v) is 8.67. The Kier molecular flexibility index (Phi) is 11.7. The third-order valence-electron chi connectivity index (χ3n) is 6.12. The summed E-state index contributed by atoms with van der Waals surface area (Å²) in [5, 5.41) is 0. The van der Waals surface area contributed by atoms with Gasteiger partial charge in [0.2, 0.25) is 0 Å². The lowest BCUT2D eigenvalue weighted by Crippen LogP contribution is -2.19. The number of hydrogen-bond donors (Lipinski definition) is 0. The van der Waals surface area contributed by atoms with Crippen molar-refractivity contribution in [3.63, 3.8) is 0 Å². The van der Waals surface area contributed by atoms with E-state index >= 15 is 0 Å². The first kappa shape index (κ1) is 24.5. The minimum atomic E-state index is 0. The molecule has 0 radical (unpaired) electrons. The summed E-state index contributed by atoms with van der Waals surface area (Å²) in [7, 11) is 0. The summed E-state index contributed by atoms with van der Waals surface area (Å²) in [4.78, 5) is 2.40. The number of hydrogen-bond acceptors (Lipinski definition) is 1. The molecule has 1 nitrogen and oxygen atoms in total. The highest BCUT2D eigenvalue weighted by atomic mass is 35.5. The van der Waals surface area contributed by atoms with Crippen LogP contribution in [-0.2, 0) is 19.5 Å². The van der Waals surface area contributed by atoms with Crippen LogP contribution < -0.4 is 0 Å². The van der Waals surface area contributed by atoms with Crippen LogP contribution in [0.5, 0.6) is 0 Å². The topological polar surface area (TPSA) is 3.24 Å². The fraction of sp³-hybridized carbons (Fsp3) is 0.500. The second kappa shape index (κ2) is 14.3. The third-order valence-corrected chi connectivity index (χ3v) is 6.12. The maximum absolute atomic E-state index is 2.40. The Morgan fingerprint density at radius 1 is 0.700 bits per heavy atom. The van der Waals surface area contributed by atoms with Crippen molar-refractivity contribution in [2.24, 2.45) is 0 Å². The van der Waals surface area contributed by atoms with E-state index in [1.165, 1.54) is 92.9 Å². The standard InChI is InChI=1S/C28H39N.ClH/c1-2-3-4-5-6-7-8-9-10-11-14-25-17-19-26(20-18-25)23-29-22-21-27-15-12-13-16-28(27)24-29;/h12-13,15-22H,2-11,14,23-24H2,1H3;1H. The molecule has 3 rings (SSSR count). The molecule has 0 aliphatic carbocycles. The van der Waals surface area contributed by atoms with Gasteiger partial charge in [-0.2, -0.15) is 0 Å². The van der Waals surface area contributed by atoms with Crippen LogP contribution in [0.2, 0.25) is 0 Å². The Hall–Kier alpha value is -1.73. The van der Waals surface area contributed by atoms with Crippen molar-refractivity contribution < 1.29 is 0 Å². The van der Waals surface area contributed by atoms with Gasteiger partial charge in [0.1, 0.15) is 0 Å². The summed E-state index contributed by atoms with van der Waals surface area (Å²) in [6.07, 6.45) is 19.8. The van der Waals surface area contributed by atoms with Crippen LogP contribution >= 0.6 is 12.4 Å². The summed E-state index contributed by atoms with van der Waals surface area (Å²) in [5.41, 5.74) is 5.68. The number of fused-ring (bicyclic) bond motifs is 1. The molecule has 164 valence electrons. The van der Waals surface area contributed by atoms with Crippen molar-refractivity contribution in [2.75, 3.05) is 0 Å². The van der Waals surface area contributed by atoms with Gasteiger partial charge in [0.05, 0.1) is 0 Å². The Bertz CT molecular complexity index is 735. The lowest BCUT2D eigenvalue weighted by molar-refractivity contribution is 0.359. The average Bonchev–Trinajstić information content (AvgIpc) is 2.76. The number of nitrogens with zero attached hydrogens (tertiary/aromatic N) is 1. The van der Waals surface area contributed by atoms with E-state index in [2.05, 4.69) is 72.6 Å². The first-order valence-electron chi connectivity index (χ1n) is 11.9. The molecule has 0 saturated carbocycles. The first-order chi connectivity index (χ1) is 14.3. The van der Waals surface area contributed by atoms with Crippen molar-refractivity contribution in [1.82, 2.24) is 4.90 Å². The van der Waals surface area contributed by atoms with Crippen LogP contribution in [0, 0.1) is 0 Å². The van der Waals surface area contributed by atoms with Crippen LogP contribution in [0.15, 0.2) is 54.7 Å². The van der Waals surface area contributed by atoms with Gasteiger partial charge in [-0.1, -0.05) is 113 Å². The van der Waals surface area contributed by atoms with Gasteiger partial charge in [0.15, 0.2) is 0 Å². The van der Waals surface area contributed by atoms with Crippen molar-refractivity contribution in [1.29, 1.82) is 0 Å². The summed E-state index contributed by atoms with van der Waals surface area (Å²) in [5.74, 6) is 0. The number of aryl methyl sites for hydroxylation is 1. The van der Waals surface area contributed by atoms with Crippen molar-refractivity contribution in [2.45, 2.75) is 90.6 Å². The monoisotopic (exact) mass is 425 g/mol. The summed E-state index contributed by atoms with van der Waals surface area (Å²) < 4.78 is 0. The first-order valence-corrected chi connectivity index (χ1v) is 11.9. The number of benzene rings is 2. The van der Waals surface area contributed by atoms with Crippen LogP contribution in [0.4, 0.5) is 0 Å². The van der Waals surface area contributed by atoms with Crippen LogP contribution in [0.25, 0.3) is 6.08 Å². The van der Waals surface area contributed by atoms with Crippen LogP contribution in [-0.4, -0.2) is 4.90 Å². The fourth-order valence-electron chi connectivity index (χ4n) is 4.27. The maximum Gasteiger partial charge on any atom is 0.0433 e. The molecule has 0 atom stereocenters. The summed E-state index contributed by atoms with van der Waals surface area (Å²) in [6.45, 7) is 4.29. The van der Waals surface area contributed by atoms with Gasteiger partial charge in [-0.3, -0.25) is 0 Å². The molecule has 0 fully saturated rings. The molecule has 1 aliphatic heterocycles. The van der Waals surface area contributed by atoms with Crippen LogP contribution in [0.3, 0.4) is 0 Å². The number of halogens is 1. The molecule has 1 aliphatic rings. The summed E-state index contributed by atoms with van der Waals surface area (Å²) in [6, 6.07) is 18.0. The molecule has 2 heteroatoms. The predicted octanol–water partition coefficient (Wildman–Crippen LogP) is 8.56. The predicted molar refractivity (Wildman–Crippen MR) is 134 cm³/mol. The zero-order valence-corrected chi connectivity index (χ0v) is 19.6. The Balaban J connectivity index is 0.00000320. The Morgan fingerprint density at radius 3 is 2.00 bits per heavy atom. The highest BCUT2D eigenvalue weighted by Crippen LogP contribution is 2.21. The van der Waals surface area contributed by atoms with E-state index in [4.69, 9.17) is 0 Å². The SMILES string of the molecule is CCCCCCCCCCCCc1ccc(CN2C=Cc3ccccc3C2)cc1.Cl. The molecular weight excluding hydrogens is 386 g/mol. The van der Waals surface area contributed by atoms with Crippen LogP contribution in [0.1, 0.15) is 93.4 Å². The van der Waals surface area contributed by atoms with Crippen molar-refractivity contribution in [3.8, 4) is 0 Å². The maximum atomic E-state index is 2.40. The molecular formula is C28H40ClN. The van der Waals surface area contributed by atoms with Gasteiger partial charge in [-0.25, -0.2) is 0 Å². The Labute approximate surface area is 191 Å². The molecule has 1 heterocycles. The number of unbranched alkanes of at least 4 members (excludes halogenated alkanes) is 9. The summed E-state index contributed by atoms with van der Waals surface area (Å²) >= 11 is 0. The van der Waals surface area contributed by atoms with E-state index in [-0.39, 0.29) is 12.4 Å². The van der Waals surface area contributed by atoms with E-state index in [0.29, 0.717) is 0 Å². The van der Waals surface area contributed by atoms with Gasteiger partial charge in [-0.05, 0) is 41.2 Å². The molecule has 0 unspecified atom stereocenters. The van der Waals surface area contributed by atoms with Gasteiger partial charge in [0, 0.05) is 19.3 Å². The smallest absolute Gasteiger partial charge is 0.0433 e. The zero-order chi connectivity index (χ0) is 20.2. The van der Waals surface area contributed by atoms with E-state index in [1.807, 2.05) is 0 Å². The zero-order valence-electron chi connectivity index (χ0n) is 18.8. The molecule has 0 aromatic heterocycles. The molecule has 0 spiro atoms. The van der Waals surface area contributed by atoms with Gasteiger partial charge in [0.25, 0.3) is 0 Å². The molecule has 0 saturated heterocycles. The van der Waals surface area contributed by atoms with E-state index < -0.39 is 0 Å². The van der Waals surface area contributed by atoms with Gasteiger partial charge >= 0.3 is 0 Å². The Morgan fingerprint density at radius 2 is 1.30 bits per heavy atom. The largest absolute Gasteiger partial charge is 0.369 e. The molecule has 2 aromatic carbocycles. The van der Waals surface area contributed by atoms with E-state index in [1.54, 1.807) is 0 Å². The molecule has 2 aromatic rings. The highest BCUT2D eigenvalue weighted by molar-refractivity contribution is 5.85. The molecule has 30 heavy (non-hydrogen) atoms. The van der Waals surface area contributed by atoms with Crippen molar-refractivity contribution in [3.05, 3.63) is 77.0 Å². The average molecular weight is 426 g/mol. The minimum absolute atomic E-state index is 0. The van der Waals surface area contributed by atoms with Crippen molar-refractivity contribution >= 4 is 18.5 Å². The van der Waals surface area contributed by atoms with Gasteiger partial charge in [-0.15, -0.1) is 12.4 Å². The lowest BCUT2D eigenvalue weighted by Gasteiger charge is -2.25. The normalized spacial score (nSPS) is 12.5. The molecule has 0 N–H and O–H groups in total. The fourth-order valence-corrected chi connectivity index (χ4v) is 4.27. The quantitative estimate of drug-likeness (QED) is 0.290. The van der Waals surface area contributed by atoms with E-state index in [0.717, 1.165) is 13.1 Å². The van der Waals surface area contributed by atoms with E-state index in [9.17, 15) is 0 Å². The second-order valence-electron chi connectivity index (χ2n) is 8.67. The third kappa shape index (κ3) is 8.56. The van der Waals surface area contributed by atoms with Gasteiger partial charge < -0.3 is 4.90 Å².